The number of nitriles is 1. The molecule has 4 aromatic rings. The van der Waals surface area contributed by atoms with Gasteiger partial charge in [-0.25, -0.2) is 0 Å². The van der Waals surface area contributed by atoms with Crippen molar-refractivity contribution in [1.82, 2.24) is 15.2 Å². The summed E-state index contributed by atoms with van der Waals surface area (Å²) in [6, 6.07) is 16.8. The van der Waals surface area contributed by atoms with Gasteiger partial charge in [-0.15, -0.1) is 5.10 Å². The zero-order chi connectivity index (χ0) is 20.4. The fraction of sp³-hybridized carbons (Fsp3) is 0.0909. The van der Waals surface area contributed by atoms with Gasteiger partial charge in [-0.3, -0.25) is 4.98 Å². The van der Waals surface area contributed by atoms with Crippen LogP contribution in [-0.2, 0) is 6.42 Å². The number of nitrogens with zero attached hydrogens (tertiary/aromatic N) is 4. The molecule has 0 saturated carbocycles. The number of hydrogen-bond donors (Lipinski definition) is 1. The van der Waals surface area contributed by atoms with Gasteiger partial charge in [0, 0.05) is 23.4 Å². The van der Waals surface area contributed by atoms with E-state index in [2.05, 4.69) is 21.3 Å². The molecule has 0 aliphatic heterocycles. The molecule has 0 spiro atoms. The zero-order valence-electron chi connectivity index (χ0n) is 15.6. The number of nitrogens with two attached hydrogens (primary N) is 1. The van der Waals surface area contributed by atoms with E-state index >= 15 is 0 Å². The molecule has 0 aliphatic rings. The summed E-state index contributed by atoms with van der Waals surface area (Å²) in [7, 11) is 1.57. The average Bonchev–Trinajstić information content (AvgIpc) is 2.75. The lowest BCUT2D eigenvalue weighted by atomic mass is 9.98. The summed E-state index contributed by atoms with van der Waals surface area (Å²) in [5.74, 6) is 0.600. The van der Waals surface area contributed by atoms with E-state index < -0.39 is 0 Å². The van der Waals surface area contributed by atoms with E-state index in [9.17, 15) is 5.26 Å². The number of methoxy groups -OCH3 is 1. The molecule has 2 heterocycles. The lowest BCUT2D eigenvalue weighted by Gasteiger charge is -2.13. The number of ether oxygens (including phenoxy) is 1. The van der Waals surface area contributed by atoms with Gasteiger partial charge in [-0.1, -0.05) is 29.8 Å². The van der Waals surface area contributed by atoms with E-state index in [0.29, 0.717) is 50.9 Å². The van der Waals surface area contributed by atoms with Crippen molar-refractivity contribution in [2.45, 2.75) is 6.42 Å². The van der Waals surface area contributed by atoms with Crippen LogP contribution in [-0.4, -0.2) is 22.3 Å². The summed E-state index contributed by atoms with van der Waals surface area (Å²) in [4.78, 5) is 4.38. The summed E-state index contributed by atoms with van der Waals surface area (Å²) in [6.07, 6.45) is 2.15. The maximum atomic E-state index is 9.43. The van der Waals surface area contributed by atoms with Gasteiger partial charge in [-0.2, -0.15) is 10.4 Å². The summed E-state index contributed by atoms with van der Waals surface area (Å²) in [5.41, 5.74) is 10.0. The molecule has 0 amide bonds. The molecule has 0 radical (unpaired) electrons. The molecule has 7 heteroatoms. The van der Waals surface area contributed by atoms with Crippen molar-refractivity contribution >= 4 is 28.1 Å². The van der Waals surface area contributed by atoms with Gasteiger partial charge in [0.25, 0.3) is 0 Å². The van der Waals surface area contributed by atoms with Crippen LogP contribution >= 0.6 is 11.6 Å². The van der Waals surface area contributed by atoms with E-state index in [0.717, 1.165) is 10.9 Å². The van der Waals surface area contributed by atoms with Crippen LogP contribution in [0.2, 0.25) is 5.02 Å². The number of aromatic nitrogens is 3. The molecule has 4 rings (SSSR count). The Hall–Kier alpha value is -3.69. The summed E-state index contributed by atoms with van der Waals surface area (Å²) in [6.45, 7) is 0. The number of halogens is 1. The van der Waals surface area contributed by atoms with Crippen molar-refractivity contribution in [2.24, 2.45) is 0 Å². The first kappa shape index (κ1) is 18.7. The second-order valence-corrected chi connectivity index (χ2v) is 6.82. The van der Waals surface area contributed by atoms with Crippen molar-refractivity contribution in [3.05, 3.63) is 76.6 Å². The van der Waals surface area contributed by atoms with Crippen molar-refractivity contribution in [1.29, 1.82) is 5.26 Å². The van der Waals surface area contributed by atoms with Crippen LogP contribution in [0.3, 0.4) is 0 Å². The Morgan fingerprint density at radius 2 is 2.00 bits per heavy atom. The van der Waals surface area contributed by atoms with Crippen LogP contribution in [0.1, 0.15) is 16.8 Å². The molecule has 2 aromatic heterocycles. The minimum Gasteiger partial charge on any atom is -0.495 e. The average molecular weight is 402 g/mol. The Morgan fingerprint density at radius 3 is 2.69 bits per heavy atom. The van der Waals surface area contributed by atoms with Gasteiger partial charge in [0.1, 0.15) is 17.5 Å². The minimum absolute atomic E-state index is 0.381. The summed E-state index contributed by atoms with van der Waals surface area (Å²) < 4.78 is 5.21. The minimum atomic E-state index is 0.381. The lowest BCUT2D eigenvalue weighted by molar-refractivity contribution is 0.415. The normalized spacial score (nSPS) is 10.7. The molecule has 0 unspecified atom stereocenters. The van der Waals surface area contributed by atoms with E-state index in [1.807, 2.05) is 36.4 Å². The first-order chi connectivity index (χ1) is 14.1. The highest BCUT2D eigenvalue weighted by Gasteiger charge is 2.17. The number of rotatable bonds is 4. The van der Waals surface area contributed by atoms with Crippen LogP contribution in [0.5, 0.6) is 5.75 Å². The fourth-order valence-corrected chi connectivity index (χ4v) is 3.55. The number of benzene rings is 2. The number of nitrogen functional groups attached to an aromatic ring is 1. The van der Waals surface area contributed by atoms with Crippen molar-refractivity contribution in [3.8, 4) is 23.2 Å². The molecule has 142 valence electrons. The fourth-order valence-electron chi connectivity index (χ4n) is 3.27. The third-order valence-electron chi connectivity index (χ3n) is 4.68. The van der Waals surface area contributed by atoms with Crippen LogP contribution in [0.4, 0.5) is 5.69 Å². The predicted octanol–water partition coefficient (Wildman–Crippen LogP) is 4.40. The summed E-state index contributed by atoms with van der Waals surface area (Å²) >= 11 is 6.26. The predicted molar refractivity (Wildman–Crippen MR) is 113 cm³/mol. The topological polar surface area (TPSA) is 97.7 Å². The van der Waals surface area contributed by atoms with E-state index in [1.54, 1.807) is 25.4 Å². The van der Waals surface area contributed by atoms with E-state index in [4.69, 9.17) is 22.1 Å². The van der Waals surface area contributed by atoms with Gasteiger partial charge in [-0.05, 0) is 35.9 Å². The monoisotopic (exact) mass is 401 g/mol. The van der Waals surface area contributed by atoms with Crippen LogP contribution in [0.15, 0.2) is 54.7 Å². The van der Waals surface area contributed by atoms with Gasteiger partial charge in [0.05, 0.1) is 34.8 Å². The summed E-state index contributed by atoms with van der Waals surface area (Å²) in [5, 5.41) is 20.3. The Balaban J connectivity index is 1.91. The highest BCUT2D eigenvalue weighted by Crippen LogP contribution is 2.34. The molecule has 29 heavy (non-hydrogen) atoms. The molecular weight excluding hydrogens is 386 g/mol. The molecule has 2 N–H and O–H groups in total. The van der Waals surface area contributed by atoms with Crippen molar-refractivity contribution in [2.75, 3.05) is 12.8 Å². The second kappa shape index (κ2) is 7.74. The van der Waals surface area contributed by atoms with Gasteiger partial charge < -0.3 is 10.5 Å². The second-order valence-electron chi connectivity index (χ2n) is 6.42. The van der Waals surface area contributed by atoms with Gasteiger partial charge in [0.15, 0.2) is 0 Å². The Morgan fingerprint density at radius 1 is 1.14 bits per heavy atom. The van der Waals surface area contributed by atoms with E-state index in [-0.39, 0.29) is 0 Å². The number of pyridine rings is 1. The number of hydrogen-bond acceptors (Lipinski definition) is 6. The molecule has 6 nitrogen and oxygen atoms in total. The van der Waals surface area contributed by atoms with E-state index in [1.165, 1.54) is 0 Å². The Kier molecular flexibility index (Phi) is 4.98. The first-order valence-corrected chi connectivity index (χ1v) is 9.22. The molecule has 2 aromatic carbocycles. The molecule has 0 fully saturated rings. The zero-order valence-corrected chi connectivity index (χ0v) is 16.3. The van der Waals surface area contributed by atoms with Crippen molar-refractivity contribution < 1.29 is 4.74 Å². The smallest absolute Gasteiger partial charge is 0.137 e. The Labute approximate surface area is 172 Å². The first-order valence-electron chi connectivity index (χ1n) is 8.84. The third-order valence-corrected chi connectivity index (χ3v) is 4.97. The molecule has 0 bridgehead atoms. The highest BCUT2D eigenvalue weighted by atomic mass is 35.5. The number of anilines is 1. The molecule has 0 saturated heterocycles. The lowest BCUT2D eigenvalue weighted by Crippen LogP contribution is -2.04. The third kappa shape index (κ3) is 3.44. The van der Waals surface area contributed by atoms with Crippen LogP contribution in [0, 0.1) is 11.3 Å². The van der Waals surface area contributed by atoms with Crippen molar-refractivity contribution in [3.63, 3.8) is 0 Å². The highest BCUT2D eigenvalue weighted by molar-refractivity contribution is 6.32. The number of fused-ring (bicyclic) bond motifs is 1. The SMILES string of the molecule is COc1ccc(Cc2nnc(-c3ccccn3)c3ccc(C#N)c(N)c23)cc1Cl. The molecular formula is C22H16ClN5O. The van der Waals surface area contributed by atoms with Gasteiger partial charge >= 0.3 is 0 Å². The maximum absolute atomic E-state index is 9.43. The Bertz CT molecular complexity index is 1250. The largest absolute Gasteiger partial charge is 0.495 e. The van der Waals surface area contributed by atoms with Gasteiger partial charge in [0.2, 0.25) is 0 Å². The van der Waals surface area contributed by atoms with Crippen LogP contribution in [0.25, 0.3) is 22.2 Å². The quantitative estimate of drug-likeness (QED) is 0.509. The standard InChI is InChI=1S/C22H16ClN5O/c1-29-19-8-5-13(10-16(19)23)11-18-20-15(7-6-14(12-24)21(20)25)22(28-27-18)17-4-2-3-9-26-17/h2-10H,11,25H2,1H3. The molecule has 0 aliphatic carbocycles. The maximum Gasteiger partial charge on any atom is 0.137 e. The molecule has 0 atom stereocenters. The van der Waals surface area contributed by atoms with Crippen LogP contribution < -0.4 is 10.5 Å².